The molecule has 0 aliphatic rings. The van der Waals surface area contributed by atoms with Crippen LogP contribution in [0, 0.1) is 0 Å². The fourth-order valence-electron chi connectivity index (χ4n) is 2.45. The van der Waals surface area contributed by atoms with Gasteiger partial charge < -0.3 is 10.5 Å². The topological polar surface area (TPSA) is 60.0 Å². The van der Waals surface area contributed by atoms with Crippen molar-refractivity contribution in [3.8, 4) is 5.75 Å². The van der Waals surface area contributed by atoms with Gasteiger partial charge in [-0.3, -0.25) is 0 Å². The van der Waals surface area contributed by atoms with E-state index in [1.165, 1.54) is 17.3 Å². The fourth-order valence-corrected chi connectivity index (χ4v) is 3.89. The van der Waals surface area contributed by atoms with Gasteiger partial charge in [0, 0.05) is 20.3 Å². The molecule has 0 bridgehead atoms. The maximum absolute atomic E-state index is 5.98. The number of ether oxygens (including phenoxy) is 1. The van der Waals surface area contributed by atoms with Crippen LogP contribution in [0.25, 0.3) is 0 Å². The number of thioether (sulfide) groups is 1. The van der Waals surface area contributed by atoms with Crippen LogP contribution in [0.3, 0.4) is 0 Å². The van der Waals surface area contributed by atoms with Crippen LogP contribution in [-0.4, -0.2) is 11.4 Å². The Morgan fingerprint density at radius 1 is 0.931 bits per heavy atom. The number of hydrogen-bond donors (Lipinski definition) is 1. The largest absolute Gasteiger partial charge is 0.488 e. The summed E-state index contributed by atoms with van der Waals surface area (Å²) < 4.78 is 7.93. The molecule has 4 nitrogen and oxygen atoms in total. The van der Waals surface area contributed by atoms with Crippen molar-refractivity contribution in [2.75, 3.05) is 0 Å². The highest BCUT2D eigenvalue weighted by molar-refractivity contribution is 9.10. The molecule has 148 valence electrons. The number of halogens is 2. The summed E-state index contributed by atoms with van der Waals surface area (Å²) in [4.78, 5) is 0. The van der Waals surface area contributed by atoms with Gasteiger partial charge in [-0.1, -0.05) is 86.1 Å². The lowest BCUT2D eigenvalue weighted by molar-refractivity contribution is 0.305. The molecule has 0 saturated heterocycles. The van der Waals surface area contributed by atoms with Crippen LogP contribution in [0.5, 0.6) is 5.75 Å². The van der Waals surface area contributed by atoms with Crippen LogP contribution in [0.15, 0.2) is 91.9 Å². The van der Waals surface area contributed by atoms with Crippen LogP contribution >= 0.6 is 43.6 Å². The summed E-state index contributed by atoms with van der Waals surface area (Å²) >= 11 is 8.41. The van der Waals surface area contributed by atoms with Crippen LogP contribution in [0.2, 0.25) is 0 Å². The lowest BCUT2D eigenvalue weighted by Gasteiger charge is -2.09. The Kier molecular flexibility index (Phi) is 8.34. The Balaban J connectivity index is 1.63. The van der Waals surface area contributed by atoms with Gasteiger partial charge in [0.05, 0.1) is 6.21 Å². The van der Waals surface area contributed by atoms with E-state index < -0.39 is 0 Å². The van der Waals surface area contributed by atoms with E-state index in [-0.39, 0.29) is 0 Å². The van der Waals surface area contributed by atoms with E-state index >= 15 is 0 Å². The van der Waals surface area contributed by atoms with Crippen molar-refractivity contribution in [2.45, 2.75) is 12.4 Å². The molecule has 0 radical (unpaired) electrons. The Hall–Kier alpha value is -2.09. The van der Waals surface area contributed by atoms with Crippen molar-refractivity contribution in [3.05, 3.63) is 98.4 Å². The minimum atomic E-state index is 0.414. The Morgan fingerprint density at radius 2 is 1.69 bits per heavy atom. The highest BCUT2D eigenvalue weighted by Crippen LogP contribution is 2.23. The van der Waals surface area contributed by atoms with Crippen LogP contribution in [-0.2, 0) is 12.4 Å². The summed E-state index contributed by atoms with van der Waals surface area (Å²) in [6.07, 6.45) is 1.65. The second-order valence-electron chi connectivity index (χ2n) is 6.06. The van der Waals surface area contributed by atoms with Crippen LogP contribution in [0.1, 0.15) is 16.7 Å². The molecule has 0 fully saturated rings. The van der Waals surface area contributed by atoms with E-state index in [9.17, 15) is 0 Å². The monoisotopic (exact) mass is 531 g/mol. The molecule has 2 N–H and O–H groups in total. The standard InChI is InChI=1S/C22H19Br2N3OS/c23-19-8-4-7-17(11-19)14-28-21-10-9-20(24)12-18(21)13-26-27-22(25)29-15-16-5-2-1-3-6-16/h1-13H,14-15H2,(H2,25,27). The summed E-state index contributed by atoms with van der Waals surface area (Å²) in [5.74, 6) is 1.48. The van der Waals surface area contributed by atoms with E-state index in [4.69, 9.17) is 10.5 Å². The van der Waals surface area contributed by atoms with Gasteiger partial charge in [-0.2, -0.15) is 5.10 Å². The zero-order valence-corrected chi connectivity index (χ0v) is 19.5. The first-order chi connectivity index (χ1) is 14.1. The smallest absolute Gasteiger partial charge is 0.180 e. The highest BCUT2D eigenvalue weighted by Gasteiger charge is 2.04. The van der Waals surface area contributed by atoms with Crippen molar-refractivity contribution >= 4 is 55.0 Å². The second-order valence-corrected chi connectivity index (χ2v) is 8.88. The van der Waals surface area contributed by atoms with E-state index in [0.29, 0.717) is 11.8 Å². The molecule has 0 heterocycles. The number of nitrogens with zero attached hydrogens (tertiary/aromatic N) is 2. The molecular weight excluding hydrogens is 514 g/mol. The molecule has 0 aromatic heterocycles. The molecule has 0 saturated carbocycles. The number of nitrogens with two attached hydrogens (primary N) is 1. The predicted molar refractivity (Wildman–Crippen MR) is 130 cm³/mol. The first kappa shape index (κ1) is 21.6. The highest BCUT2D eigenvalue weighted by atomic mass is 79.9. The minimum absolute atomic E-state index is 0.414. The molecule has 3 aromatic rings. The van der Waals surface area contributed by atoms with E-state index in [0.717, 1.165) is 31.6 Å². The molecule has 7 heteroatoms. The normalized spacial score (nSPS) is 11.7. The first-order valence-electron chi connectivity index (χ1n) is 8.80. The third-order valence-corrected chi connectivity index (χ3v) is 5.68. The summed E-state index contributed by atoms with van der Waals surface area (Å²) in [6.45, 7) is 0.459. The minimum Gasteiger partial charge on any atom is -0.488 e. The molecule has 3 aromatic carbocycles. The Morgan fingerprint density at radius 3 is 2.48 bits per heavy atom. The third-order valence-electron chi connectivity index (χ3n) is 3.84. The SMILES string of the molecule is NC(=NN=Cc1cc(Br)ccc1OCc1cccc(Br)c1)SCc1ccccc1. The van der Waals surface area contributed by atoms with Crippen molar-refractivity contribution in [2.24, 2.45) is 15.9 Å². The quantitative estimate of drug-likeness (QED) is 0.218. The van der Waals surface area contributed by atoms with Gasteiger partial charge in [-0.15, -0.1) is 5.10 Å². The molecule has 3 rings (SSSR count). The molecule has 0 unspecified atom stereocenters. The summed E-state index contributed by atoms with van der Waals surface area (Å²) in [7, 11) is 0. The molecule has 0 atom stereocenters. The van der Waals surface area contributed by atoms with Crippen LogP contribution < -0.4 is 10.5 Å². The number of hydrogen-bond acceptors (Lipinski definition) is 4. The van der Waals surface area contributed by atoms with Crippen molar-refractivity contribution < 1.29 is 4.74 Å². The lowest BCUT2D eigenvalue weighted by atomic mass is 10.2. The molecule has 29 heavy (non-hydrogen) atoms. The lowest BCUT2D eigenvalue weighted by Crippen LogP contribution is -2.06. The second kappa shape index (κ2) is 11.2. The average molecular weight is 533 g/mol. The Labute approximate surface area is 191 Å². The van der Waals surface area contributed by atoms with Gasteiger partial charge in [0.25, 0.3) is 0 Å². The van der Waals surface area contributed by atoms with Gasteiger partial charge in [-0.05, 0) is 41.5 Å². The molecule has 0 amide bonds. The predicted octanol–water partition coefficient (Wildman–Crippen LogP) is 6.37. The summed E-state index contributed by atoms with van der Waals surface area (Å²) in [6, 6.07) is 23.9. The van der Waals surface area contributed by atoms with Crippen molar-refractivity contribution in [1.82, 2.24) is 0 Å². The van der Waals surface area contributed by atoms with Gasteiger partial charge >= 0.3 is 0 Å². The third kappa shape index (κ3) is 7.34. The zero-order chi connectivity index (χ0) is 20.5. The molecular formula is C22H19Br2N3OS. The van der Waals surface area contributed by atoms with Gasteiger partial charge in [-0.25, -0.2) is 0 Å². The Bertz CT molecular complexity index is 1010. The number of amidine groups is 1. The zero-order valence-electron chi connectivity index (χ0n) is 15.5. The summed E-state index contributed by atoms with van der Waals surface area (Å²) in [5.41, 5.74) is 9.04. The van der Waals surface area contributed by atoms with Crippen molar-refractivity contribution in [3.63, 3.8) is 0 Å². The molecule has 0 aliphatic heterocycles. The van der Waals surface area contributed by atoms with Gasteiger partial charge in [0.1, 0.15) is 12.4 Å². The molecule has 0 spiro atoms. The number of benzene rings is 3. The van der Waals surface area contributed by atoms with E-state index in [2.05, 4.69) is 54.2 Å². The summed E-state index contributed by atoms with van der Waals surface area (Å²) in [5, 5.41) is 8.63. The van der Waals surface area contributed by atoms with E-state index in [1.54, 1.807) is 6.21 Å². The maximum atomic E-state index is 5.98. The van der Waals surface area contributed by atoms with Crippen molar-refractivity contribution in [1.29, 1.82) is 0 Å². The van der Waals surface area contributed by atoms with Crippen LogP contribution in [0.4, 0.5) is 0 Å². The maximum Gasteiger partial charge on any atom is 0.180 e. The van der Waals surface area contributed by atoms with E-state index in [1.807, 2.05) is 60.7 Å². The number of rotatable bonds is 7. The van der Waals surface area contributed by atoms with Gasteiger partial charge in [0.15, 0.2) is 5.17 Å². The van der Waals surface area contributed by atoms with Gasteiger partial charge in [0.2, 0.25) is 0 Å². The average Bonchev–Trinajstić information content (AvgIpc) is 2.72. The first-order valence-corrected chi connectivity index (χ1v) is 11.4. The molecule has 0 aliphatic carbocycles. The fraction of sp³-hybridized carbons (Fsp3) is 0.0909.